The van der Waals surface area contributed by atoms with Crippen molar-refractivity contribution in [2.75, 3.05) is 6.67 Å². The number of pyridine rings is 1. The van der Waals surface area contributed by atoms with Crippen LogP contribution in [0.3, 0.4) is 0 Å². The highest BCUT2D eigenvalue weighted by atomic mass is 19.1. The highest BCUT2D eigenvalue weighted by molar-refractivity contribution is 5.33. The second kappa shape index (κ2) is 4.53. The molecule has 68 valence electrons. The molecule has 0 aromatic carbocycles. The van der Waals surface area contributed by atoms with Crippen LogP contribution in [0, 0.1) is 11.3 Å². The highest BCUT2D eigenvalue weighted by Crippen LogP contribution is 2.09. The van der Waals surface area contributed by atoms with Crippen molar-refractivity contribution in [2.24, 2.45) is 5.73 Å². The van der Waals surface area contributed by atoms with Crippen LogP contribution in [0.4, 0.5) is 4.39 Å². The topological polar surface area (TPSA) is 62.7 Å². The lowest BCUT2D eigenvalue weighted by Crippen LogP contribution is -2.05. The molecule has 0 unspecified atom stereocenters. The summed E-state index contributed by atoms with van der Waals surface area (Å²) in [5.74, 6) is 0. The van der Waals surface area contributed by atoms with Gasteiger partial charge in [0.1, 0.15) is 6.07 Å². The van der Waals surface area contributed by atoms with E-state index in [1.54, 1.807) is 6.07 Å². The molecule has 13 heavy (non-hydrogen) atoms. The van der Waals surface area contributed by atoms with E-state index in [-0.39, 0.29) is 13.0 Å². The van der Waals surface area contributed by atoms with Crippen molar-refractivity contribution in [1.29, 1.82) is 5.26 Å². The maximum atomic E-state index is 12.1. The molecule has 0 atom stereocenters. The summed E-state index contributed by atoms with van der Waals surface area (Å²) in [6, 6.07) is 3.59. The second-order valence-corrected chi connectivity index (χ2v) is 2.58. The van der Waals surface area contributed by atoms with E-state index in [1.165, 1.54) is 6.20 Å². The molecule has 0 radical (unpaired) electrons. The van der Waals surface area contributed by atoms with Crippen LogP contribution in [-0.4, -0.2) is 11.7 Å². The molecular weight excluding hydrogens is 169 g/mol. The molecule has 0 aliphatic carbocycles. The van der Waals surface area contributed by atoms with E-state index in [2.05, 4.69) is 4.98 Å². The first-order valence-electron chi connectivity index (χ1n) is 3.95. The molecule has 1 aromatic heterocycles. The maximum Gasteiger partial charge on any atom is 0.101 e. The molecule has 0 amide bonds. The van der Waals surface area contributed by atoms with Gasteiger partial charge in [0, 0.05) is 19.2 Å². The Bertz CT molecular complexity index is 330. The average molecular weight is 179 g/mol. The van der Waals surface area contributed by atoms with Crippen LogP contribution in [-0.2, 0) is 13.0 Å². The van der Waals surface area contributed by atoms with Gasteiger partial charge in [-0.05, 0) is 11.6 Å². The van der Waals surface area contributed by atoms with Crippen LogP contribution in [0.5, 0.6) is 0 Å². The number of hydrogen-bond acceptors (Lipinski definition) is 3. The lowest BCUT2D eigenvalue weighted by Gasteiger charge is -2.04. The monoisotopic (exact) mass is 179 g/mol. The predicted molar refractivity (Wildman–Crippen MR) is 46.5 cm³/mol. The van der Waals surface area contributed by atoms with Crippen molar-refractivity contribution in [3.8, 4) is 6.07 Å². The Kier molecular flexibility index (Phi) is 3.35. The van der Waals surface area contributed by atoms with Gasteiger partial charge in [-0.25, -0.2) is 0 Å². The summed E-state index contributed by atoms with van der Waals surface area (Å²) in [6.45, 7) is -0.176. The lowest BCUT2D eigenvalue weighted by atomic mass is 10.1. The molecule has 0 bridgehead atoms. The van der Waals surface area contributed by atoms with Crippen LogP contribution >= 0.6 is 0 Å². The molecular formula is C9H10FN3. The number of alkyl halides is 1. The van der Waals surface area contributed by atoms with Crippen molar-refractivity contribution < 1.29 is 4.39 Å². The molecule has 1 rings (SSSR count). The number of rotatable bonds is 3. The molecule has 3 nitrogen and oxygen atoms in total. The standard InChI is InChI=1S/C9H10FN3/c10-2-1-8-3-7(4-11)6-13-9(8)5-12/h3,6H,1-2,5,12H2. The normalized spacial score (nSPS) is 9.62. The van der Waals surface area contributed by atoms with E-state index >= 15 is 0 Å². The smallest absolute Gasteiger partial charge is 0.101 e. The molecule has 0 spiro atoms. The number of nitrogens with two attached hydrogens (primary N) is 1. The molecule has 0 aliphatic heterocycles. The minimum absolute atomic E-state index is 0.273. The van der Waals surface area contributed by atoms with E-state index in [0.29, 0.717) is 11.3 Å². The largest absolute Gasteiger partial charge is 0.325 e. The fourth-order valence-corrected chi connectivity index (χ4v) is 1.10. The number of aromatic nitrogens is 1. The summed E-state index contributed by atoms with van der Waals surface area (Å²) in [7, 11) is 0. The third kappa shape index (κ3) is 2.23. The van der Waals surface area contributed by atoms with Crippen molar-refractivity contribution in [2.45, 2.75) is 13.0 Å². The Balaban J connectivity index is 3.04. The van der Waals surface area contributed by atoms with E-state index in [0.717, 1.165) is 5.56 Å². The van der Waals surface area contributed by atoms with Crippen LogP contribution in [0.15, 0.2) is 12.3 Å². The number of hydrogen-bond donors (Lipinski definition) is 1. The Morgan fingerprint density at radius 3 is 2.92 bits per heavy atom. The van der Waals surface area contributed by atoms with E-state index in [9.17, 15) is 4.39 Å². The van der Waals surface area contributed by atoms with Gasteiger partial charge in [0.15, 0.2) is 0 Å². The van der Waals surface area contributed by atoms with E-state index in [1.807, 2.05) is 6.07 Å². The summed E-state index contributed by atoms with van der Waals surface area (Å²) in [5, 5.41) is 8.58. The fourth-order valence-electron chi connectivity index (χ4n) is 1.10. The van der Waals surface area contributed by atoms with E-state index < -0.39 is 6.67 Å². The zero-order valence-electron chi connectivity index (χ0n) is 7.13. The van der Waals surface area contributed by atoms with Crippen molar-refractivity contribution >= 4 is 0 Å². The summed E-state index contributed by atoms with van der Waals surface area (Å²) < 4.78 is 12.1. The first kappa shape index (κ1) is 9.62. The molecule has 2 N–H and O–H groups in total. The Morgan fingerprint density at radius 2 is 2.38 bits per heavy atom. The van der Waals surface area contributed by atoms with Crippen LogP contribution in [0.2, 0.25) is 0 Å². The molecule has 4 heteroatoms. The zero-order chi connectivity index (χ0) is 9.68. The van der Waals surface area contributed by atoms with Crippen molar-refractivity contribution in [1.82, 2.24) is 4.98 Å². The van der Waals surface area contributed by atoms with Gasteiger partial charge in [-0.3, -0.25) is 9.37 Å². The zero-order valence-corrected chi connectivity index (χ0v) is 7.13. The molecule has 1 heterocycles. The van der Waals surface area contributed by atoms with Gasteiger partial charge in [-0.15, -0.1) is 0 Å². The van der Waals surface area contributed by atoms with Crippen LogP contribution in [0.25, 0.3) is 0 Å². The summed E-state index contributed by atoms with van der Waals surface area (Å²) in [4.78, 5) is 3.97. The SMILES string of the molecule is N#Cc1cnc(CN)c(CCF)c1. The molecule has 0 saturated heterocycles. The summed E-state index contributed by atoms with van der Waals surface area (Å²) in [6.07, 6.45) is 1.72. The van der Waals surface area contributed by atoms with Crippen molar-refractivity contribution in [3.63, 3.8) is 0 Å². The molecule has 0 saturated carbocycles. The molecule has 0 aliphatic rings. The summed E-state index contributed by atoms with van der Waals surface area (Å²) in [5.41, 5.74) is 7.24. The number of nitrogens with zero attached hydrogens (tertiary/aromatic N) is 2. The summed E-state index contributed by atoms with van der Waals surface area (Å²) >= 11 is 0. The van der Waals surface area contributed by atoms with Gasteiger partial charge in [-0.1, -0.05) is 0 Å². The first-order valence-corrected chi connectivity index (χ1v) is 3.95. The predicted octanol–water partition coefficient (Wildman–Crippen LogP) is 0.924. The Morgan fingerprint density at radius 1 is 1.62 bits per heavy atom. The second-order valence-electron chi connectivity index (χ2n) is 2.58. The minimum atomic E-state index is -0.455. The van der Waals surface area contributed by atoms with Gasteiger partial charge in [0.25, 0.3) is 0 Å². The Labute approximate surface area is 76.0 Å². The lowest BCUT2D eigenvalue weighted by molar-refractivity contribution is 0.493. The average Bonchev–Trinajstić information content (AvgIpc) is 2.18. The van der Waals surface area contributed by atoms with Crippen molar-refractivity contribution in [3.05, 3.63) is 29.1 Å². The highest BCUT2D eigenvalue weighted by Gasteiger charge is 2.03. The third-order valence-corrected chi connectivity index (χ3v) is 1.75. The number of aryl methyl sites for hydroxylation is 1. The van der Waals surface area contributed by atoms with Gasteiger partial charge in [0.2, 0.25) is 0 Å². The maximum absolute atomic E-state index is 12.1. The number of halogens is 1. The molecule has 0 fully saturated rings. The van der Waals surface area contributed by atoms with Crippen LogP contribution < -0.4 is 5.73 Å². The van der Waals surface area contributed by atoms with Gasteiger partial charge in [0.05, 0.1) is 17.9 Å². The van der Waals surface area contributed by atoms with Gasteiger partial charge in [-0.2, -0.15) is 5.26 Å². The Hall–Kier alpha value is -1.47. The third-order valence-electron chi connectivity index (χ3n) is 1.75. The quantitative estimate of drug-likeness (QED) is 0.750. The van der Waals surface area contributed by atoms with Gasteiger partial charge < -0.3 is 5.73 Å². The molecule has 1 aromatic rings. The van der Waals surface area contributed by atoms with E-state index in [4.69, 9.17) is 11.0 Å². The van der Waals surface area contributed by atoms with Gasteiger partial charge >= 0.3 is 0 Å². The minimum Gasteiger partial charge on any atom is -0.325 e. The fraction of sp³-hybridized carbons (Fsp3) is 0.333. The first-order chi connectivity index (χ1) is 6.31. The number of nitriles is 1. The van der Waals surface area contributed by atoms with Crippen LogP contribution in [0.1, 0.15) is 16.8 Å².